The number of halogens is 1. The number of carbonyl (C=O) groups excluding carboxylic acids is 1. The van der Waals surface area contributed by atoms with Crippen molar-refractivity contribution in [2.75, 3.05) is 27.2 Å². The fourth-order valence-corrected chi connectivity index (χ4v) is 0.901. The zero-order chi connectivity index (χ0) is 11.9. The van der Waals surface area contributed by atoms with Gasteiger partial charge in [-0.25, -0.2) is 0 Å². The van der Waals surface area contributed by atoms with E-state index in [-0.39, 0.29) is 35.3 Å². The third-order valence-corrected chi connectivity index (χ3v) is 1.84. The molecule has 0 unspecified atom stereocenters. The molecule has 0 saturated carbocycles. The van der Waals surface area contributed by atoms with E-state index < -0.39 is 0 Å². The van der Waals surface area contributed by atoms with Gasteiger partial charge in [0.25, 0.3) is 0 Å². The highest BCUT2D eigenvalue weighted by Crippen LogP contribution is 2.11. The summed E-state index contributed by atoms with van der Waals surface area (Å²) in [6.07, 6.45) is 0. The first-order valence-corrected chi connectivity index (χ1v) is 5.08. The molecule has 0 rings (SSSR count). The Hall–Kier alpha value is -0.530. The van der Waals surface area contributed by atoms with Gasteiger partial charge in [0, 0.05) is 32.6 Å². The van der Waals surface area contributed by atoms with Gasteiger partial charge in [0.1, 0.15) is 0 Å². The van der Waals surface area contributed by atoms with Crippen molar-refractivity contribution in [3.05, 3.63) is 0 Å². The van der Waals surface area contributed by atoms with Crippen molar-refractivity contribution in [1.29, 1.82) is 0 Å². The topological polar surface area (TPSA) is 65.5 Å². The third-order valence-electron chi connectivity index (χ3n) is 1.84. The molecule has 0 bridgehead atoms. The molecule has 5 nitrogen and oxygen atoms in total. The highest BCUT2D eigenvalue weighted by atomic mass is 127. The molecule has 0 fully saturated rings. The predicted octanol–water partition coefficient (Wildman–Crippen LogP) is 0.561. The zero-order valence-corrected chi connectivity index (χ0v) is 13.0. The Morgan fingerprint density at radius 2 is 1.69 bits per heavy atom. The standard InChI is InChI=1S/C10H22N4O.HI/c1-10(2,3)8(15)13-6-7-14-9(11-4)12-5;/h6-7H2,1-5H3,(H,13,15)(H2,11,12,14);1H. The molecule has 0 aliphatic heterocycles. The van der Waals surface area contributed by atoms with Gasteiger partial charge in [-0.3, -0.25) is 9.79 Å². The Morgan fingerprint density at radius 1 is 1.19 bits per heavy atom. The summed E-state index contributed by atoms with van der Waals surface area (Å²) >= 11 is 0. The highest BCUT2D eigenvalue weighted by Gasteiger charge is 2.20. The first kappa shape index (κ1) is 17.9. The minimum absolute atomic E-state index is 0. The van der Waals surface area contributed by atoms with Crippen molar-refractivity contribution in [3.8, 4) is 0 Å². The summed E-state index contributed by atoms with van der Waals surface area (Å²) in [5, 5.41) is 8.79. The Labute approximate surface area is 115 Å². The second-order valence-electron chi connectivity index (χ2n) is 4.25. The third kappa shape index (κ3) is 7.72. The summed E-state index contributed by atoms with van der Waals surface area (Å²) in [6.45, 7) is 6.93. The molecule has 16 heavy (non-hydrogen) atoms. The lowest BCUT2D eigenvalue weighted by Crippen LogP contribution is -2.42. The lowest BCUT2D eigenvalue weighted by molar-refractivity contribution is -0.128. The summed E-state index contributed by atoms with van der Waals surface area (Å²) in [5.74, 6) is 0.781. The van der Waals surface area contributed by atoms with Crippen LogP contribution < -0.4 is 16.0 Å². The smallest absolute Gasteiger partial charge is 0.225 e. The van der Waals surface area contributed by atoms with Crippen molar-refractivity contribution < 1.29 is 4.79 Å². The second kappa shape index (κ2) is 8.60. The van der Waals surface area contributed by atoms with Crippen LogP contribution in [0.3, 0.4) is 0 Å². The molecular weight excluding hydrogens is 319 g/mol. The molecule has 1 amide bonds. The summed E-state index contributed by atoms with van der Waals surface area (Å²) in [6, 6.07) is 0. The quantitative estimate of drug-likeness (QED) is 0.304. The lowest BCUT2D eigenvalue weighted by atomic mass is 9.96. The van der Waals surface area contributed by atoms with Gasteiger partial charge < -0.3 is 16.0 Å². The molecule has 0 atom stereocenters. The Bertz CT molecular complexity index is 235. The average Bonchev–Trinajstić information content (AvgIpc) is 2.16. The van der Waals surface area contributed by atoms with Gasteiger partial charge in [-0.2, -0.15) is 0 Å². The number of guanidine groups is 1. The van der Waals surface area contributed by atoms with Gasteiger partial charge in [0.15, 0.2) is 5.96 Å². The number of carbonyl (C=O) groups is 1. The van der Waals surface area contributed by atoms with Crippen LogP contribution in [0.25, 0.3) is 0 Å². The minimum Gasteiger partial charge on any atom is -0.359 e. The van der Waals surface area contributed by atoms with Gasteiger partial charge in [-0.1, -0.05) is 20.8 Å². The molecule has 0 saturated heterocycles. The molecular formula is C10H23IN4O. The van der Waals surface area contributed by atoms with E-state index in [1.54, 1.807) is 14.1 Å². The molecule has 0 aromatic rings. The normalized spacial score (nSPS) is 11.4. The Kier molecular flexibility index (Phi) is 9.60. The van der Waals surface area contributed by atoms with E-state index >= 15 is 0 Å². The summed E-state index contributed by atoms with van der Waals surface area (Å²) in [4.78, 5) is 15.4. The number of hydrogen-bond donors (Lipinski definition) is 3. The van der Waals surface area contributed by atoms with Crippen LogP contribution in [-0.4, -0.2) is 39.1 Å². The highest BCUT2D eigenvalue weighted by molar-refractivity contribution is 14.0. The van der Waals surface area contributed by atoms with Gasteiger partial charge in [-0.05, 0) is 0 Å². The van der Waals surface area contributed by atoms with Crippen molar-refractivity contribution in [2.24, 2.45) is 10.4 Å². The SMILES string of the molecule is CN=C(NC)NCCNC(=O)C(C)(C)C.I. The van der Waals surface area contributed by atoms with E-state index in [9.17, 15) is 4.79 Å². The molecule has 0 aromatic heterocycles. The van der Waals surface area contributed by atoms with E-state index in [4.69, 9.17) is 0 Å². The van der Waals surface area contributed by atoms with Crippen LogP contribution >= 0.6 is 24.0 Å². The number of aliphatic imine (C=N–C) groups is 1. The molecule has 96 valence electrons. The van der Waals surface area contributed by atoms with Gasteiger partial charge in [0.05, 0.1) is 0 Å². The van der Waals surface area contributed by atoms with Crippen LogP contribution in [0.2, 0.25) is 0 Å². The van der Waals surface area contributed by atoms with Gasteiger partial charge in [0.2, 0.25) is 5.91 Å². The van der Waals surface area contributed by atoms with E-state index in [1.165, 1.54) is 0 Å². The number of rotatable bonds is 3. The lowest BCUT2D eigenvalue weighted by Gasteiger charge is -2.18. The maximum absolute atomic E-state index is 11.5. The van der Waals surface area contributed by atoms with Crippen molar-refractivity contribution >= 4 is 35.8 Å². The summed E-state index contributed by atoms with van der Waals surface area (Å²) in [7, 11) is 3.50. The average molecular weight is 342 g/mol. The van der Waals surface area contributed by atoms with E-state index in [2.05, 4.69) is 20.9 Å². The van der Waals surface area contributed by atoms with Gasteiger partial charge >= 0.3 is 0 Å². The summed E-state index contributed by atoms with van der Waals surface area (Å²) in [5.41, 5.74) is -0.329. The van der Waals surface area contributed by atoms with Crippen LogP contribution in [0.4, 0.5) is 0 Å². The van der Waals surface area contributed by atoms with E-state index in [1.807, 2.05) is 20.8 Å². The van der Waals surface area contributed by atoms with Crippen LogP contribution in [0, 0.1) is 5.41 Å². The number of nitrogens with one attached hydrogen (secondary N) is 3. The second-order valence-corrected chi connectivity index (χ2v) is 4.25. The maximum atomic E-state index is 11.5. The van der Waals surface area contributed by atoms with Crippen LogP contribution in [0.5, 0.6) is 0 Å². The van der Waals surface area contributed by atoms with Crippen LogP contribution in [0.15, 0.2) is 4.99 Å². The van der Waals surface area contributed by atoms with Gasteiger partial charge in [-0.15, -0.1) is 24.0 Å². The molecule has 0 radical (unpaired) electrons. The van der Waals surface area contributed by atoms with Crippen molar-refractivity contribution in [3.63, 3.8) is 0 Å². The summed E-state index contributed by atoms with van der Waals surface area (Å²) < 4.78 is 0. The molecule has 3 N–H and O–H groups in total. The number of amides is 1. The predicted molar refractivity (Wildman–Crippen MR) is 78.3 cm³/mol. The minimum atomic E-state index is -0.329. The molecule has 0 aromatic carbocycles. The molecule has 0 spiro atoms. The fourth-order valence-electron chi connectivity index (χ4n) is 0.901. The van der Waals surface area contributed by atoms with Crippen molar-refractivity contribution in [2.45, 2.75) is 20.8 Å². The number of hydrogen-bond acceptors (Lipinski definition) is 2. The first-order valence-electron chi connectivity index (χ1n) is 5.08. The largest absolute Gasteiger partial charge is 0.359 e. The van der Waals surface area contributed by atoms with E-state index in [0.29, 0.717) is 13.1 Å². The monoisotopic (exact) mass is 342 g/mol. The Morgan fingerprint density at radius 3 is 2.06 bits per heavy atom. The number of nitrogens with zero attached hydrogens (tertiary/aromatic N) is 1. The molecule has 0 heterocycles. The molecule has 0 aliphatic rings. The first-order chi connectivity index (χ1) is 6.91. The molecule has 6 heteroatoms. The van der Waals surface area contributed by atoms with Crippen LogP contribution in [0.1, 0.15) is 20.8 Å². The molecule has 0 aliphatic carbocycles. The van der Waals surface area contributed by atoms with Crippen LogP contribution in [-0.2, 0) is 4.79 Å². The Balaban J connectivity index is 0. The maximum Gasteiger partial charge on any atom is 0.225 e. The van der Waals surface area contributed by atoms with E-state index in [0.717, 1.165) is 5.96 Å². The zero-order valence-electron chi connectivity index (χ0n) is 10.7. The van der Waals surface area contributed by atoms with Crippen molar-refractivity contribution in [1.82, 2.24) is 16.0 Å². The fraction of sp³-hybridized carbons (Fsp3) is 0.800.